The van der Waals surface area contributed by atoms with Crippen molar-refractivity contribution < 1.29 is 25.8 Å². The van der Waals surface area contributed by atoms with Gasteiger partial charge in [0.25, 0.3) is 0 Å². The molecule has 52 heavy (non-hydrogen) atoms. The summed E-state index contributed by atoms with van der Waals surface area (Å²) >= 11 is 0. The molecule has 0 spiro atoms. The van der Waals surface area contributed by atoms with Gasteiger partial charge in [0, 0.05) is 0 Å². The molecule has 2 aliphatic rings. The maximum absolute atomic E-state index is 3.38. The summed E-state index contributed by atoms with van der Waals surface area (Å²) in [7, 11) is 0. The predicted molar refractivity (Wildman–Crippen MR) is 230 cm³/mol. The van der Waals surface area contributed by atoms with Crippen LogP contribution in [-0.4, -0.2) is 0 Å². The van der Waals surface area contributed by atoms with E-state index in [1.165, 1.54) is 106 Å². The van der Waals surface area contributed by atoms with Gasteiger partial charge in [0.2, 0.25) is 0 Å². The Morgan fingerprint density at radius 3 is 1.17 bits per heavy atom. The molecule has 0 saturated heterocycles. The van der Waals surface area contributed by atoms with Gasteiger partial charge in [-0.05, 0) is 71.6 Å². The van der Waals surface area contributed by atoms with Crippen LogP contribution in [0.15, 0.2) is 109 Å². The van der Waals surface area contributed by atoms with Crippen LogP contribution < -0.4 is 0 Å². The van der Waals surface area contributed by atoms with Gasteiger partial charge >= 0.3 is 25.8 Å². The van der Waals surface area contributed by atoms with E-state index in [1.54, 1.807) is 11.1 Å². The third-order valence-electron chi connectivity index (χ3n) is 11.0. The van der Waals surface area contributed by atoms with E-state index in [0.29, 0.717) is 11.8 Å². The number of benzene rings is 4. The fourth-order valence-corrected chi connectivity index (χ4v) is 8.10. The molecule has 0 atom stereocenters. The van der Waals surface area contributed by atoms with E-state index in [4.69, 9.17) is 0 Å². The molecule has 2 aliphatic carbocycles. The number of halogens is 2. The third-order valence-corrected chi connectivity index (χ3v) is 11.0. The Hall–Kier alpha value is -2.45. The molecule has 0 bridgehead atoms. The molecule has 2 fully saturated rings. The summed E-state index contributed by atoms with van der Waals surface area (Å²) in [6, 6.07) is 41.5. The van der Waals surface area contributed by atoms with E-state index in [1.807, 2.05) is 0 Å². The van der Waals surface area contributed by atoms with Crippen molar-refractivity contribution in [2.75, 3.05) is 0 Å². The van der Waals surface area contributed by atoms with Crippen molar-refractivity contribution in [3.05, 3.63) is 145 Å². The topological polar surface area (TPSA) is 0 Å². The summed E-state index contributed by atoms with van der Waals surface area (Å²) in [4.78, 5) is 0. The van der Waals surface area contributed by atoms with Crippen molar-refractivity contribution in [3.63, 3.8) is 0 Å². The predicted octanol–water partition coefficient (Wildman–Crippen LogP) is 15.9. The molecule has 272 valence electrons. The summed E-state index contributed by atoms with van der Waals surface area (Å²) in [5.41, 5.74) is 11.4. The Labute approximate surface area is 346 Å². The summed E-state index contributed by atoms with van der Waals surface area (Å²) in [6.07, 6.45) is 11.8. The van der Waals surface area contributed by atoms with E-state index in [2.05, 4.69) is 151 Å². The minimum absolute atomic E-state index is 0. The molecule has 0 aliphatic heterocycles. The van der Waals surface area contributed by atoms with Gasteiger partial charge in [0.15, 0.2) is 0 Å². The number of fused-ring (bicyclic) bond motifs is 2. The van der Waals surface area contributed by atoms with Crippen LogP contribution in [0.4, 0.5) is 0 Å². The molecule has 8 rings (SSSR count). The zero-order valence-electron chi connectivity index (χ0n) is 31.8. The normalized spacial score (nSPS) is 14.3. The average molecular weight is 896 g/mol. The summed E-state index contributed by atoms with van der Waals surface area (Å²) in [5, 5.41) is 5.65. The second-order valence-electron chi connectivity index (χ2n) is 15.1. The molecule has 0 aromatic heterocycles. The quantitative estimate of drug-likeness (QED) is 0.115. The van der Waals surface area contributed by atoms with Gasteiger partial charge in [-0.15, -0.1) is 93.9 Å². The van der Waals surface area contributed by atoms with E-state index in [-0.39, 0.29) is 50.7 Å². The number of hydrogen-bond acceptors (Lipinski definition) is 0. The van der Waals surface area contributed by atoms with Gasteiger partial charge in [0.05, 0.1) is 0 Å². The van der Waals surface area contributed by atoms with Crippen LogP contribution in [0.2, 0.25) is 0 Å². The first-order chi connectivity index (χ1) is 23.9. The Morgan fingerprint density at radius 2 is 0.865 bits per heavy atom. The minimum atomic E-state index is 0. The van der Waals surface area contributed by atoms with Crippen LogP contribution in [0.25, 0.3) is 43.8 Å². The zero-order valence-corrected chi connectivity index (χ0v) is 37.0. The Morgan fingerprint density at radius 1 is 0.538 bits per heavy atom. The third kappa shape index (κ3) is 10.4. The van der Waals surface area contributed by atoms with Crippen LogP contribution in [0.3, 0.4) is 0 Å². The SMILES string of the molecule is CC(C)c1ccc(-c2cccc3[cH-]c(C4CCCC4)cc23)cc1.CC(C)c1ccc(-c2cccc3[cH-]c(C4CCCC4)cc23)cc1.Cl.Cl.[CH2-]C[CH2-].[Hf+4]. The van der Waals surface area contributed by atoms with E-state index < -0.39 is 0 Å². The van der Waals surface area contributed by atoms with Gasteiger partial charge in [-0.1, -0.05) is 125 Å². The first kappa shape index (κ1) is 44.0. The van der Waals surface area contributed by atoms with Crippen molar-refractivity contribution >= 4 is 46.4 Å². The van der Waals surface area contributed by atoms with Crippen LogP contribution in [0.5, 0.6) is 0 Å². The van der Waals surface area contributed by atoms with Crippen molar-refractivity contribution in [2.24, 2.45) is 0 Å². The standard InChI is InChI=1S/2C23H25.C3H6.2ClH.Hf/c2*1-16(2)17-10-12-19(13-11-17)22-9-5-8-20-14-21(15-23(20)22)18-6-3-4-7-18;1-3-2;;;/h2*5,8-16,18H,3-4,6-7H2,1-2H3;1-3H2;2*1H;/q2*-1;-2;;;+4. The first-order valence-electron chi connectivity index (χ1n) is 19.0. The Kier molecular flexibility index (Phi) is 17.6. The zero-order chi connectivity index (χ0) is 34.3. The van der Waals surface area contributed by atoms with E-state index >= 15 is 0 Å². The van der Waals surface area contributed by atoms with Gasteiger partial charge in [-0.25, -0.2) is 0 Å². The van der Waals surface area contributed by atoms with Crippen LogP contribution >= 0.6 is 24.8 Å². The van der Waals surface area contributed by atoms with Crippen LogP contribution in [0.1, 0.15) is 131 Å². The maximum Gasteiger partial charge on any atom is 4.00 e. The molecule has 6 aromatic carbocycles. The van der Waals surface area contributed by atoms with E-state index in [9.17, 15) is 0 Å². The Bertz CT molecular complexity index is 1770. The summed E-state index contributed by atoms with van der Waals surface area (Å²) < 4.78 is 0. The molecular formula is C49H58Cl2Hf. The fourth-order valence-electron chi connectivity index (χ4n) is 8.10. The molecule has 0 unspecified atom stereocenters. The van der Waals surface area contributed by atoms with Gasteiger partial charge in [0.1, 0.15) is 0 Å². The maximum atomic E-state index is 3.38. The molecule has 0 nitrogen and oxygen atoms in total. The molecule has 0 heterocycles. The monoisotopic (exact) mass is 896 g/mol. The number of hydrogen-bond donors (Lipinski definition) is 0. The Balaban J connectivity index is 0.000000248. The first-order valence-corrected chi connectivity index (χ1v) is 19.0. The second kappa shape index (κ2) is 20.9. The van der Waals surface area contributed by atoms with Crippen molar-refractivity contribution in [1.29, 1.82) is 0 Å². The molecule has 2 saturated carbocycles. The van der Waals surface area contributed by atoms with Crippen LogP contribution in [0, 0.1) is 13.8 Å². The average Bonchev–Trinajstić information content (AvgIpc) is 3.95. The fraction of sp³-hybridized carbons (Fsp3) is 0.347. The molecule has 3 heteroatoms. The smallest absolute Gasteiger partial charge is 0.372 e. The van der Waals surface area contributed by atoms with Gasteiger partial charge in [-0.2, -0.15) is 12.1 Å². The van der Waals surface area contributed by atoms with Crippen molar-refractivity contribution in [3.8, 4) is 22.3 Å². The van der Waals surface area contributed by atoms with Gasteiger partial charge in [-0.3, -0.25) is 0 Å². The van der Waals surface area contributed by atoms with Crippen molar-refractivity contribution in [1.82, 2.24) is 0 Å². The van der Waals surface area contributed by atoms with Crippen molar-refractivity contribution in [2.45, 2.75) is 109 Å². The largest absolute Gasteiger partial charge is 4.00 e. The number of rotatable bonds is 6. The summed E-state index contributed by atoms with van der Waals surface area (Å²) in [5.74, 6) is 2.76. The molecule has 0 radical (unpaired) electrons. The van der Waals surface area contributed by atoms with Gasteiger partial charge < -0.3 is 20.3 Å². The van der Waals surface area contributed by atoms with E-state index in [0.717, 1.165) is 18.3 Å². The van der Waals surface area contributed by atoms with Crippen LogP contribution in [-0.2, 0) is 25.8 Å². The molecule has 0 amide bonds. The molecule has 6 aromatic rings. The minimum Gasteiger partial charge on any atom is -0.372 e. The molecule has 0 N–H and O–H groups in total. The summed E-state index contributed by atoms with van der Waals surface area (Å²) in [6.45, 7) is 15.8. The second-order valence-corrected chi connectivity index (χ2v) is 15.1. The molecular weight excluding hydrogens is 838 g/mol.